The highest BCUT2D eigenvalue weighted by Crippen LogP contribution is 2.23. The lowest BCUT2D eigenvalue weighted by Gasteiger charge is -2.21. The minimum absolute atomic E-state index is 0.160. The van der Waals surface area contributed by atoms with Gasteiger partial charge in [-0.1, -0.05) is 47.4 Å². The molecule has 0 aliphatic heterocycles. The van der Waals surface area contributed by atoms with E-state index in [1.165, 1.54) is 6.07 Å². The molecule has 33 heavy (non-hydrogen) atoms. The van der Waals surface area contributed by atoms with Gasteiger partial charge >= 0.3 is 0 Å². The molecule has 0 unspecified atom stereocenters. The van der Waals surface area contributed by atoms with Crippen molar-refractivity contribution in [3.8, 4) is 5.75 Å². The normalized spacial score (nSPS) is 10.7. The van der Waals surface area contributed by atoms with Crippen molar-refractivity contribution in [2.75, 3.05) is 20.2 Å². The number of hydrogen-bond donors (Lipinski definition) is 1. The fourth-order valence-corrected chi connectivity index (χ4v) is 3.73. The zero-order chi connectivity index (χ0) is 23.8. The Hall–Kier alpha value is -3.03. The van der Waals surface area contributed by atoms with Gasteiger partial charge in [-0.2, -0.15) is 0 Å². The number of halogens is 2. The molecule has 1 heterocycles. The highest BCUT2D eigenvalue weighted by molar-refractivity contribution is 6.36. The smallest absolute Gasteiger partial charge is 0.273 e. The molecule has 1 aromatic heterocycles. The largest absolute Gasteiger partial charge is 0.497 e. The average molecular weight is 490 g/mol. The molecule has 7 nitrogen and oxygen atoms in total. The Kier molecular flexibility index (Phi) is 8.74. The number of benzene rings is 2. The van der Waals surface area contributed by atoms with Gasteiger partial charge in [0.1, 0.15) is 5.75 Å². The molecule has 0 saturated heterocycles. The molecule has 0 atom stereocenters. The molecule has 3 rings (SSSR count). The van der Waals surface area contributed by atoms with Gasteiger partial charge in [0.25, 0.3) is 11.8 Å². The maximum atomic E-state index is 13.0. The molecule has 2 aromatic carbocycles. The van der Waals surface area contributed by atoms with Crippen LogP contribution in [-0.2, 0) is 13.0 Å². The SMILES string of the molecule is CCCN(Cc1cc(C(=O)NCCc2ccc(OC)cc2)no1)C(=O)c1ccc(Cl)cc1Cl. The Balaban J connectivity index is 1.58. The lowest BCUT2D eigenvalue weighted by Crippen LogP contribution is -2.31. The van der Waals surface area contributed by atoms with Crippen molar-refractivity contribution < 1.29 is 18.8 Å². The van der Waals surface area contributed by atoms with Crippen LogP contribution in [0.15, 0.2) is 53.1 Å². The second-order valence-corrected chi connectivity index (χ2v) is 8.23. The zero-order valence-electron chi connectivity index (χ0n) is 18.4. The minimum atomic E-state index is -0.340. The molecule has 3 aromatic rings. The number of methoxy groups -OCH3 is 1. The molecule has 0 spiro atoms. The van der Waals surface area contributed by atoms with E-state index < -0.39 is 0 Å². The van der Waals surface area contributed by atoms with Crippen molar-refractivity contribution >= 4 is 35.0 Å². The lowest BCUT2D eigenvalue weighted by molar-refractivity contribution is 0.0727. The predicted molar refractivity (Wildman–Crippen MR) is 127 cm³/mol. The van der Waals surface area contributed by atoms with Crippen molar-refractivity contribution in [3.63, 3.8) is 0 Å². The molecule has 0 aliphatic rings. The van der Waals surface area contributed by atoms with E-state index in [4.69, 9.17) is 32.5 Å². The van der Waals surface area contributed by atoms with Gasteiger partial charge in [-0.25, -0.2) is 0 Å². The number of carbonyl (C=O) groups is 2. The molecular formula is C24H25Cl2N3O4. The van der Waals surface area contributed by atoms with Gasteiger partial charge in [-0.3, -0.25) is 9.59 Å². The van der Waals surface area contributed by atoms with Gasteiger partial charge < -0.3 is 19.5 Å². The molecule has 0 fully saturated rings. The van der Waals surface area contributed by atoms with Crippen molar-refractivity contribution in [2.45, 2.75) is 26.3 Å². The number of nitrogens with zero attached hydrogens (tertiary/aromatic N) is 2. The summed E-state index contributed by atoms with van der Waals surface area (Å²) in [5.41, 5.74) is 1.59. The van der Waals surface area contributed by atoms with Crippen LogP contribution in [0.25, 0.3) is 0 Å². The third-order valence-electron chi connectivity index (χ3n) is 4.94. The average Bonchev–Trinajstić information content (AvgIpc) is 3.27. The molecule has 0 saturated carbocycles. The molecule has 9 heteroatoms. The summed E-state index contributed by atoms with van der Waals surface area (Å²) in [6, 6.07) is 13.9. The topological polar surface area (TPSA) is 84.7 Å². The number of amides is 2. The van der Waals surface area contributed by atoms with Gasteiger partial charge in [-0.05, 0) is 48.7 Å². The number of ether oxygens (including phenoxy) is 1. The summed E-state index contributed by atoms with van der Waals surface area (Å²) in [6.07, 6.45) is 1.41. The van der Waals surface area contributed by atoms with Crippen LogP contribution < -0.4 is 10.1 Å². The first-order valence-corrected chi connectivity index (χ1v) is 11.3. The summed E-state index contributed by atoms with van der Waals surface area (Å²) in [7, 11) is 1.62. The van der Waals surface area contributed by atoms with Crippen LogP contribution in [0, 0.1) is 0 Å². The van der Waals surface area contributed by atoms with E-state index in [2.05, 4.69) is 10.5 Å². The molecule has 2 amide bonds. The van der Waals surface area contributed by atoms with Crippen molar-refractivity contribution in [1.82, 2.24) is 15.4 Å². The van der Waals surface area contributed by atoms with Crippen LogP contribution in [0.5, 0.6) is 5.75 Å². The zero-order valence-corrected chi connectivity index (χ0v) is 19.9. The second-order valence-electron chi connectivity index (χ2n) is 7.38. The number of carbonyl (C=O) groups excluding carboxylic acids is 2. The lowest BCUT2D eigenvalue weighted by atomic mass is 10.1. The van der Waals surface area contributed by atoms with Gasteiger partial charge in [0, 0.05) is 24.2 Å². The Bertz CT molecular complexity index is 1100. The first-order chi connectivity index (χ1) is 15.9. The van der Waals surface area contributed by atoms with Gasteiger partial charge in [-0.15, -0.1) is 0 Å². The van der Waals surface area contributed by atoms with Crippen LogP contribution >= 0.6 is 23.2 Å². The monoisotopic (exact) mass is 489 g/mol. The van der Waals surface area contributed by atoms with E-state index in [1.807, 2.05) is 31.2 Å². The van der Waals surface area contributed by atoms with Crippen molar-refractivity contribution in [1.29, 1.82) is 0 Å². The van der Waals surface area contributed by atoms with E-state index in [-0.39, 0.29) is 29.1 Å². The molecule has 0 bridgehead atoms. The quantitative estimate of drug-likeness (QED) is 0.432. The highest BCUT2D eigenvalue weighted by atomic mass is 35.5. The molecule has 0 aliphatic carbocycles. The maximum absolute atomic E-state index is 13.0. The summed E-state index contributed by atoms with van der Waals surface area (Å²) in [5, 5.41) is 7.42. The number of hydrogen-bond acceptors (Lipinski definition) is 5. The Labute approximate surface area is 202 Å². The number of aromatic nitrogens is 1. The van der Waals surface area contributed by atoms with Crippen LogP contribution in [0.2, 0.25) is 10.0 Å². The highest BCUT2D eigenvalue weighted by Gasteiger charge is 2.21. The number of rotatable bonds is 10. The van der Waals surface area contributed by atoms with E-state index in [0.29, 0.717) is 35.9 Å². The van der Waals surface area contributed by atoms with Crippen LogP contribution in [0.3, 0.4) is 0 Å². The van der Waals surface area contributed by atoms with Gasteiger partial charge in [0.15, 0.2) is 11.5 Å². The Morgan fingerprint density at radius 3 is 2.55 bits per heavy atom. The van der Waals surface area contributed by atoms with Crippen LogP contribution in [0.4, 0.5) is 0 Å². The molecule has 0 radical (unpaired) electrons. The number of nitrogens with one attached hydrogen (secondary N) is 1. The van der Waals surface area contributed by atoms with Crippen LogP contribution in [0.1, 0.15) is 45.5 Å². The third-order valence-corrected chi connectivity index (χ3v) is 5.49. The fraction of sp³-hybridized carbons (Fsp3) is 0.292. The molecular weight excluding hydrogens is 465 g/mol. The molecule has 174 valence electrons. The molecule has 1 N–H and O–H groups in total. The summed E-state index contributed by atoms with van der Waals surface area (Å²) in [4.78, 5) is 27.0. The first kappa shape index (κ1) is 24.6. The van der Waals surface area contributed by atoms with Gasteiger partial charge in [0.05, 0.1) is 24.2 Å². The Morgan fingerprint density at radius 2 is 1.88 bits per heavy atom. The first-order valence-electron chi connectivity index (χ1n) is 10.5. The third kappa shape index (κ3) is 6.73. The Morgan fingerprint density at radius 1 is 1.12 bits per heavy atom. The van der Waals surface area contributed by atoms with E-state index >= 15 is 0 Å². The minimum Gasteiger partial charge on any atom is -0.497 e. The summed E-state index contributed by atoms with van der Waals surface area (Å²) >= 11 is 12.1. The van der Waals surface area contributed by atoms with E-state index in [9.17, 15) is 9.59 Å². The fourth-order valence-electron chi connectivity index (χ4n) is 3.24. The van der Waals surface area contributed by atoms with E-state index in [1.54, 1.807) is 30.2 Å². The predicted octanol–water partition coefficient (Wildman–Crippen LogP) is 5.01. The van der Waals surface area contributed by atoms with E-state index in [0.717, 1.165) is 17.7 Å². The second kappa shape index (κ2) is 11.7. The standard InChI is InChI=1S/C24H25Cl2N3O4/c1-3-12-29(24(31)20-9-6-17(25)13-21(20)26)15-19-14-22(28-33-19)23(30)27-11-10-16-4-7-18(32-2)8-5-16/h4-9,13-14H,3,10-12,15H2,1-2H3,(H,27,30). The summed E-state index contributed by atoms with van der Waals surface area (Å²) in [5.74, 6) is 0.599. The van der Waals surface area contributed by atoms with Crippen LogP contribution in [-0.4, -0.2) is 42.1 Å². The van der Waals surface area contributed by atoms with Crippen molar-refractivity contribution in [3.05, 3.63) is 81.2 Å². The van der Waals surface area contributed by atoms with Crippen molar-refractivity contribution in [2.24, 2.45) is 0 Å². The maximum Gasteiger partial charge on any atom is 0.273 e. The van der Waals surface area contributed by atoms with Gasteiger partial charge in [0.2, 0.25) is 0 Å². The summed E-state index contributed by atoms with van der Waals surface area (Å²) in [6.45, 7) is 3.06. The summed E-state index contributed by atoms with van der Waals surface area (Å²) < 4.78 is 10.5.